The second-order valence-corrected chi connectivity index (χ2v) is 7.56. The fourth-order valence-electron chi connectivity index (χ4n) is 3.90. The third kappa shape index (κ3) is 3.85. The molecule has 1 N–H and O–H groups in total. The average molecular weight is 438 g/mol. The van der Waals surface area contributed by atoms with Crippen molar-refractivity contribution in [2.75, 3.05) is 14.2 Å². The van der Waals surface area contributed by atoms with E-state index in [1.54, 1.807) is 26.5 Å². The van der Waals surface area contributed by atoms with Gasteiger partial charge in [-0.15, -0.1) is 0 Å². The van der Waals surface area contributed by atoms with Crippen molar-refractivity contribution in [1.82, 2.24) is 14.6 Å². The highest BCUT2D eigenvalue weighted by atomic mass is 16.5. The van der Waals surface area contributed by atoms with Crippen LogP contribution in [0.2, 0.25) is 0 Å². The second kappa shape index (κ2) is 8.63. The zero-order valence-electron chi connectivity index (χ0n) is 18.3. The van der Waals surface area contributed by atoms with Gasteiger partial charge in [-0.3, -0.25) is 4.79 Å². The van der Waals surface area contributed by atoms with Crippen LogP contribution in [0.25, 0.3) is 21.8 Å². The topological polar surface area (TPSA) is 81.5 Å². The SMILES string of the molecule is COc1ccc(Cc2nc3ccccc3c(=O)n2/N=C\c2c[nH]c3ccccc23)cc1OC. The van der Waals surface area contributed by atoms with Gasteiger partial charge in [0.05, 0.1) is 31.3 Å². The number of para-hydroxylation sites is 2. The maximum absolute atomic E-state index is 13.3. The Morgan fingerprint density at radius 2 is 1.73 bits per heavy atom. The fraction of sp³-hybridized carbons (Fsp3) is 0.115. The Morgan fingerprint density at radius 3 is 2.55 bits per heavy atom. The molecule has 0 radical (unpaired) electrons. The Balaban J connectivity index is 1.62. The largest absolute Gasteiger partial charge is 0.493 e. The minimum absolute atomic E-state index is 0.216. The number of nitrogens with one attached hydrogen (secondary N) is 1. The first-order valence-electron chi connectivity index (χ1n) is 10.5. The van der Waals surface area contributed by atoms with Crippen molar-refractivity contribution in [1.29, 1.82) is 0 Å². The lowest BCUT2D eigenvalue weighted by Crippen LogP contribution is -2.22. The van der Waals surface area contributed by atoms with Crippen LogP contribution in [0.1, 0.15) is 17.0 Å². The van der Waals surface area contributed by atoms with Gasteiger partial charge in [0.15, 0.2) is 11.5 Å². The monoisotopic (exact) mass is 438 g/mol. The normalized spacial score (nSPS) is 11.5. The number of aromatic nitrogens is 3. The smallest absolute Gasteiger partial charge is 0.282 e. The van der Waals surface area contributed by atoms with E-state index in [9.17, 15) is 4.79 Å². The molecule has 0 unspecified atom stereocenters. The summed E-state index contributed by atoms with van der Waals surface area (Å²) in [5.41, 5.74) is 3.24. The van der Waals surface area contributed by atoms with Crippen molar-refractivity contribution < 1.29 is 9.47 Å². The van der Waals surface area contributed by atoms with Gasteiger partial charge in [0.25, 0.3) is 5.56 Å². The minimum atomic E-state index is -0.216. The van der Waals surface area contributed by atoms with Gasteiger partial charge in [0.1, 0.15) is 5.82 Å². The Kier molecular flexibility index (Phi) is 5.36. The molecule has 7 heteroatoms. The molecule has 33 heavy (non-hydrogen) atoms. The first-order chi connectivity index (χ1) is 16.2. The molecule has 0 aliphatic heterocycles. The third-order valence-electron chi connectivity index (χ3n) is 5.56. The van der Waals surface area contributed by atoms with E-state index in [1.807, 2.05) is 66.9 Å². The van der Waals surface area contributed by atoms with Crippen LogP contribution in [0.4, 0.5) is 0 Å². The summed E-state index contributed by atoms with van der Waals surface area (Å²) in [6, 6.07) is 20.9. The predicted octanol–water partition coefficient (Wildman–Crippen LogP) is 4.37. The van der Waals surface area contributed by atoms with Crippen molar-refractivity contribution in [2.24, 2.45) is 5.10 Å². The minimum Gasteiger partial charge on any atom is -0.493 e. The van der Waals surface area contributed by atoms with Gasteiger partial charge in [0.2, 0.25) is 0 Å². The van der Waals surface area contributed by atoms with E-state index in [0.29, 0.717) is 34.6 Å². The molecule has 5 aromatic rings. The quantitative estimate of drug-likeness (QED) is 0.399. The highest BCUT2D eigenvalue weighted by Gasteiger charge is 2.13. The van der Waals surface area contributed by atoms with Crippen LogP contribution in [0.5, 0.6) is 11.5 Å². The molecule has 0 aliphatic rings. The van der Waals surface area contributed by atoms with Gasteiger partial charge in [-0.2, -0.15) is 9.78 Å². The summed E-state index contributed by atoms with van der Waals surface area (Å²) in [5.74, 6) is 1.79. The van der Waals surface area contributed by atoms with Gasteiger partial charge < -0.3 is 14.5 Å². The van der Waals surface area contributed by atoms with Crippen LogP contribution < -0.4 is 15.0 Å². The van der Waals surface area contributed by atoms with E-state index in [1.165, 1.54) is 4.68 Å². The molecule has 5 rings (SSSR count). The number of nitrogens with zero attached hydrogens (tertiary/aromatic N) is 3. The molecule has 0 amide bonds. The summed E-state index contributed by atoms with van der Waals surface area (Å²) in [6.07, 6.45) is 3.96. The molecule has 0 fully saturated rings. The number of methoxy groups -OCH3 is 2. The van der Waals surface area contributed by atoms with Gasteiger partial charge >= 0.3 is 0 Å². The summed E-state index contributed by atoms with van der Waals surface area (Å²) >= 11 is 0. The molecule has 7 nitrogen and oxygen atoms in total. The second-order valence-electron chi connectivity index (χ2n) is 7.56. The number of aromatic amines is 1. The van der Waals surface area contributed by atoms with E-state index in [0.717, 1.165) is 22.0 Å². The maximum Gasteiger partial charge on any atom is 0.282 e. The van der Waals surface area contributed by atoms with Crippen LogP contribution in [-0.4, -0.2) is 35.1 Å². The van der Waals surface area contributed by atoms with Crippen molar-refractivity contribution in [2.45, 2.75) is 6.42 Å². The molecular weight excluding hydrogens is 416 g/mol. The third-order valence-corrected chi connectivity index (χ3v) is 5.56. The first-order valence-corrected chi connectivity index (χ1v) is 10.5. The van der Waals surface area contributed by atoms with Crippen LogP contribution in [0.15, 0.2) is 82.8 Å². The first kappa shape index (κ1) is 20.5. The number of hydrogen-bond acceptors (Lipinski definition) is 5. The molecule has 164 valence electrons. The molecule has 3 aromatic carbocycles. The zero-order valence-corrected chi connectivity index (χ0v) is 18.3. The van der Waals surface area contributed by atoms with Gasteiger partial charge in [-0.1, -0.05) is 36.4 Å². The number of rotatable bonds is 6. The maximum atomic E-state index is 13.3. The van der Waals surface area contributed by atoms with Gasteiger partial charge in [-0.25, -0.2) is 4.98 Å². The van der Waals surface area contributed by atoms with Crippen LogP contribution in [0.3, 0.4) is 0 Å². The highest BCUT2D eigenvalue weighted by molar-refractivity contribution is 5.98. The Hall–Kier alpha value is -4.39. The van der Waals surface area contributed by atoms with Crippen LogP contribution in [0, 0.1) is 0 Å². The number of benzene rings is 3. The molecule has 0 spiro atoms. The molecule has 2 aromatic heterocycles. The lowest BCUT2D eigenvalue weighted by Gasteiger charge is -2.12. The van der Waals surface area contributed by atoms with Crippen molar-refractivity contribution in [3.05, 3.63) is 100 Å². The number of hydrogen-bond donors (Lipinski definition) is 1. The van der Waals surface area contributed by atoms with E-state index in [2.05, 4.69) is 10.1 Å². The Morgan fingerprint density at radius 1 is 0.970 bits per heavy atom. The van der Waals surface area contributed by atoms with Gasteiger partial charge in [0, 0.05) is 29.1 Å². The molecule has 0 atom stereocenters. The number of fused-ring (bicyclic) bond motifs is 2. The van der Waals surface area contributed by atoms with Gasteiger partial charge in [-0.05, 0) is 35.9 Å². The van der Waals surface area contributed by atoms with E-state index in [-0.39, 0.29) is 5.56 Å². The molecule has 0 saturated carbocycles. The molecule has 0 bridgehead atoms. The lowest BCUT2D eigenvalue weighted by molar-refractivity contribution is 0.354. The van der Waals surface area contributed by atoms with Crippen LogP contribution in [-0.2, 0) is 6.42 Å². The number of ether oxygens (including phenoxy) is 2. The average Bonchev–Trinajstić information content (AvgIpc) is 3.27. The Bertz CT molecular complexity index is 1550. The lowest BCUT2D eigenvalue weighted by atomic mass is 10.1. The molecule has 0 aliphatic carbocycles. The molecule has 0 saturated heterocycles. The Labute approximate surface area is 189 Å². The molecular formula is C26H22N4O3. The van der Waals surface area contributed by atoms with E-state index >= 15 is 0 Å². The van der Waals surface area contributed by atoms with E-state index < -0.39 is 0 Å². The van der Waals surface area contributed by atoms with Crippen molar-refractivity contribution in [3.63, 3.8) is 0 Å². The summed E-state index contributed by atoms with van der Waals surface area (Å²) in [7, 11) is 3.19. The summed E-state index contributed by atoms with van der Waals surface area (Å²) in [5, 5.41) is 6.11. The number of H-pyrrole nitrogens is 1. The fourth-order valence-corrected chi connectivity index (χ4v) is 3.90. The highest BCUT2D eigenvalue weighted by Crippen LogP contribution is 2.28. The van der Waals surface area contributed by atoms with Crippen molar-refractivity contribution >= 4 is 28.0 Å². The predicted molar refractivity (Wildman–Crippen MR) is 130 cm³/mol. The summed E-state index contributed by atoms with van der Waals surface area (Å²) in [4.78, 5) is 21.3. The summed E-state index contributed by atoms with van der Waals surface area (Å²) in [6.45, 7) is 0. The van der Waals surface area contributed by atoms with Crippen LogP contribution >= 0.6 is 0 Å². The van der Waals surface area contributed by atoms with Crippen molar-refractivity contribution in [3.8, 4) is 11.5 Å². The standard InChI is InChI=1S/C26H22N4O3/c1-32-23-12-11-17(13-24(23)33-2)14-25-29-22-10-6-4-8-20(22)26(31)30(25)28-16-18-15-27-21-9-5-3-7-19(18)21/h3-13,15-16,27H,14H2,1-2H3/b28-16-. The van der Waals surface area contributed by atoms with E-state index in [4.69, 9.17) is 14.5 Å². The zero-order chi connectivity index (χ0) is 22.8. The molecule has 2 heterocycles. The summed E-state index contributed by atoms with van der Waals surface area (Å²) < 4.78 is 12.1.